The fourth-order valence-corrected chi connectivity index (χ4v) is 1.68. The van der Waals surface area contributed by atoms with Gasteiger partial charge in [0.15, 0.2) is 0 Å². The molecule has 1 aromatic carbocycles. The van der Waals surface area contributed by atoms with Crippen LogP contribution in [-0.2, 0) is 15.7 Å². The van der Waals surface area contributed by atoms with Gasteiger partial charge in [-0.1, -0.05) is 24.8 Å². The maximum atomic E-state index is 12.5. The molecule has 0 atom stereocenters. The van der Waals surface area contributed by atoms with E-state index in [4.69, 9.17) is 4.74 Å². The zero-order chi connectivity index (χ0) is 15.3. The normalized spacial score (nSPS) is 12.2. The summed E-state index contributed by atoms with van der Waals surface area (Å²) in [6.07, 6.45) is -2.77. The number of allylic oxidation sites excluding steroid dienone is 1. The van der Waals surface area contributed by atoms with Gasteiger partial charge < -0.3 is 4.74 Å². The lowest BCUT2D eigenvalue weighted by molar-refractivity contribution is -0.138. The largest absolute Gasteiger partial charge is 0.462 e. The van der Waals surface area contributed by atoms with E-state index in [1.807, 2.05) is 0 Å². The van der Waals surface area contributed by atoms with Crippen molar-refractivity contribution in [1.82, 2.24) is 0 Å². The molecule has 2 nitrogen and oxygen atoms in total. The summed E-state index contributed by atoms with van der Waals surface area (Å²) >= 11 is 0. The topological polar surface area (TPSA) is 26.3 Å². The number of benzene rings is 1. The molecule has 108 valence electrons. The molecule has 0 aliphatic heterocycles. The van der Waals surface area contributed by atoms with Crippen molar-refractivity contribution in [3.8, 4) is 0 Å². The SMILES string of the molecule is C=C(C(=O)OCC)/C(=C/C)c1ccc(C(F)(F)F)cc1. The predicted molar refractivity (Wildman–Crippen MR) is 70.9 cm³/mol. The van der Waals surface area contributed by atoms with Crippen molar-refractivity contribution in [2.45, 2.75) is 20.0 Å². The van der Waals surface area contributed by atoms with Crippen molar-refractivity contribution in [3.05, 3.63) is 53.6 Å². The molecule has 0 unspecified atom stereocenters. The van der Waals surface area contributed by atoms with Gasteiger partial charge in [0.2, 0.25) is 0 Å². The lowest BCUT2D eigenvalue weighted by atomic mass is 9.97. The minimum absolute atomic E-state index is 0.120. The molecular formula is C15H15F3O2. The van der Waals surface area contributed by atoms with Crippen LogP contribution in [0.15, 0.2) is 42.5 Å². The van der Waals surface area contributed by atoms with Crippen LogP contribution in [0.1, 0.15) is 25.0 Å². The van der Waals surface area contributed by atoms with Crippen LogP contribution in [0, 0.1) is 0 Å². The third-order valence-electron chi connectivity index (χ3n) is 2.66. The van der Waals surface area contributed by atoms with Gasteiger partial charge in [-0.3, -0.25) is 0 Å². The zero-order valence-corrected chi connectivity index (χ0v) is 11.3. The first-order valence-electron chi connectivity index (χ1n) is 6.01. The van der Waals surface area contributed by atoms with Crippen LogP contribution in [0.3, 0.4) is 0 Å². The Labute approximate surface area is 115 Å². The van der Waals surface area contributed by atoms with E-state index >= 15 is 0 Å². The smallest absolute Gasteiger partial charge is 0.416 e. The van der Waals surface area contributed by atoms with Crippen molar-refractivity contribution >= 4 is 11.5 Å². The monoisotopic (exact) mass is 284 g/mol. The summed E-state index contributed by atoms with van der Waals surface area (Å²) in [5, 5.41) is 0. The molecule has 0 spiro atoms. The van der Waals surface area contributed by atoms with Crippen LogP contribution >= 0.6 is 0 Å². The van der Waals surface area contributed by atoms with Gasteiger partial charge in [-0.25, -0.2) is 4.79 Å². The lowest BCUT2D eigenvalue weighted by Crippen LogP contribution is -2.09. The highest BCUT2D eigenvalue weighted by Crippen LogP contribution is 2.31. The van der Waals surface area contributed by atoms with Crippen molar-refractivity contribution in [3.63, 3.8) is 0 Å². The zero-order valence-electron chi connectivity index (χ0n) is 11.3. The quantitative estimate of drug-likeness (QED) is 0.470. The molecule has 1 rings (SSSR count). The number of halogens is 3. The Bertz CT molecular complexity index is 525. The molecule has 0 fully saturated rings. The van der Waals surface area contributed by atoms with E-state index in [1.54, 1.807) is 19.9 Å². The van der Waals surface area contributed by atoms with Crippen molar-refractivity contribution < 1.29 is 22.7 Å². The number of carbonyl (C=O) groups excluding carboxylic acids is 1. The summed E-state index contributed by atoms with van der Waals surface area (Å²) in [5.74, 6) is -0.583. The minimum atomic E-state index is -4.38. The number of rotatable bonds is 4. The van der Waals surface area contributed by atoms with E-state index in [0.29, 0.717) is 11.1 Å². The number of hydrogen-bond acceptors (Lipinski definition) is 2. The molecule has 0 heterocycles. The molecule has 0 bridgehead atoms. The molecule has 0 saturated carbocycles. The molecule has 0 saturated heterocycles. The van der Waals surface area contributed by atoms with Crippen molar-refractivity contribution in [2.75, 3.05) is 6.61 Å². The Morgan fingerprint density at radius 1 is 1.30 bits per heavy atom. The summed E-state index contributed by atoms with van der Waals surface area (Å²) in [6, 6.07) is 4.56. The van der Waals surface area contributed by atoms with Gasteiger partial charge in [0.05, 0.1) is 17.7 Å². The summed E-state index contributed by atoms with van der Waals surface area (Å²) in [4.78, 5) is 11.6. The van der Waals surface area contributed by atoms with Gasteiger partial charge in [-0.2, -0.15) is 13.2 Å². The van der Waals surface area contributed by atoms with Crippen LogP contribution in [0.5, 0.6) is 0 Å². The Morgan fingerprint density at radius 2 is 1.85 bits per heavy atom. The second-order valence-electron chi connectivity index (χ2n) is 3.98. The minimum Gasteiger partial charge on any atom is -0.462 e. The average Bonchev–Trinajstić information content (AvgIpc) is 2.39. The highest BCUT2D eigenvalue weighted by Gasteiger charge is 2.30. The molecule has 0 aromatic heterocycles. The summed E-state index contributed by atoms with van der Waals surface area (Å²) in [7, 11) is 0. The van der Waals surface area contributed by atoms with Gasteiger partial charge in [0, 0.05) is 0 Å². The summed E-state index contributed by atoms with van der Waals surface area (Å²) < 4.78 is 42.3. The number of carbonyl (C=O) groups is 1. The fourth-order valence-electron chi connectivity index (χ4n) is 1.68. The molecule has 0 aliphatic rings. The molecule has 0 radical (unpaired) electrons. The van der Waals surface area contributed by atoms with Gasteiger partial charge in [-0.05, 0) is 37.1 Å². The highest BCUT2D eigenvalue weighted by atomic mass is 19.4. The molecular weight excluding hydrogens is 269 g/mol. The molecule has 20 heavy (non-hydrogen) atoms. The van der Waals surface area contributed by atoms with Gasteiger partial charge in [0.1, 0.15) is 0 Å². The van der Waals surface area contributed by atoms with Crippen LogP contribution in [0.4, 0.5) is 13.2 Å². The van der Waals surface area contributed by atoms with Crippen molar-refractivity contribution in [2.24, 2.45) is 0 Å². The molecule has 5 heteroatoms. The Balaban J connectivity index is 3.03. The Kier molecular flexibility index (Phi) is 5.13. The molecule has 1 aromatic rings. The lowest BCUT2D eigenvalue weighted by Gasteiger charge is -2.12. The van der Waals surface area contributed by atoms with Crippen LogP contribution in [-0.4, -0.2) is 12.6 Å². The number of hydrogen-bond donors (Lipinski definition) is 0. The third kappa shape index (κ3) is 3.73. The number of esters is 1. The van der Waals surface area contributed by atoms with Crippen molar-refractivity contribution in [1.29, 1.82) is 0 Å². The van der Waals surface area contributed by atoms with E-state index in [-0.39, 0.29) is 12.2 Å². The van der Waals surface area contributed by atoms with Gasteiger partial charge >= 0.3 is 12.1 Å². The third-order valence-corrected chi connectivity index (χ3v) is 2.66. The first-order valence-corrected chi connectivity index (χ1v) is 6.01. The van der Waals surface area contributed by atoms with Crippen LogP contribution < -0.4 is 0 Å². The second kappa shape index (κ2) is 6.41. The Morgan fingerprint density at radius 3 is 2.25 bits per heavy atom. The predicted octanol–water partition coefficient (Wildman–Crippen LogP) is 4.23. The van der Waals surface area contributed by atoms with E-state index in [2.05, 4.69) is 6.58 Å². The number of alkyl halides is 3. The van der Waals surface area contributed by atoms with E-state index in [1.165, 1.54) is 12.1 Å². The average molecular weight is 284 g/mol. The van der Waals surface area contributed by atoms with Crippen LogP contribution in [0.2, 0.25) is 0 Å². The molecule has 0 amide bonds. The van der Waals surface area contributed by atoms with Crippen LogP contribution in [0.25, 0.3) is 5.57 Å². The summed E-state index contributed by atoms with van der Waals surface area (Å²) in [6.45, 7) is 7.18. The first-order chi connectivity index (χ1) is 9.31. The summed E-state index contributed by atoms with van der Waals surface area (Å²) in [5.41, 5.74) is 0.322. The maximum Gasteiger partial charge on any atom is 0.416 e. The van der Waals surface area contributed by atoms with E-state index in [9.17, 15) is 18.0 Å². The standard InChI is InChI=1S/C15H15F3O2/c1-4-13(10(3)14(19)20-5-2)11-6-8-12(9-7-11)15(16,17)18/h4,6-9H,3,5H2,1-2H3/b13-4-. The maximum absolute atomic E-state index is 12.5. The first kappa shape index (κ1) is 16.0. The molecule has 0 aliphatic carbocycles. The van der Waals surface area contributed by atoms with E-state index in [0.717, 1.165) is 12.1 Å². The highest BCUT2D eigenvalue weighted by molar-refractivity contribution is 6.05. The second-order valence-corrected chi connectivity index (χ2v) is 3.98. The fraction of sp³-hybridized carbons (Fsp3) is 0.267. The van der Waals surface area contributed by atoms with Gasteiger partial charge in [-0.15, -0.1) is 0 Å². The van der Waals surface area contributed by atoms with Gasteiger partial charge in [0.25, 0.3) is 0 Å². The Hall–Kier alpha value is -2.04. The molecule has 0 N–H and O–H groups in total. The van der Waals surface area contributed by atoms with E-state index < -0.39 is 17.7 Å². The number of ether oxygens (including phenoxy) is 1.